The summed E-state index contributed by atoms with van der Waals surface area (Å²) in [5.41, 5.74) is 1.02. The van der Waals surface area contributed by atoms with Crippen molar-refractivity contribution in [2.75, 3.05) is 26.2 Å². The third-order valence-electron chi connectivity index (χ3n) is 5.11. The van der Waals surface area contributed by atoms with Crippen molar-refractivity contribution in [3.8, 4) is 5.75 Å². The minimum atomic E-state index is -3.41. The molecule has 6 heteroatoms. The number of sulfonamides is 1. The summed E-state index contributed by atoms with van der Waals surface area (Å²) < 4.78 is 33.5. The Labute approximate surface area is 131 Å². The van der Waals surface area contributed by atoms with Crippen LogP contribution < -0.4 is 10.1 Å². The number of ether oxygens (including phenoxy) is 1. The Bertz CT molecular complexity index is 674. The zero-order valence-corrected chi connectivity index (χ0v) is 13.4. The maximum absolute atomic E-state index is 13.1. The average Bonchev–Trinajstić information content (AvgIpc) is 3.02. The molecule has 1 N–H and O–H groups in total. The molecule has 2 atom stereocenters. The highest BCUT2D eigenvalue weighted by atomic mass is 32.2. The molecule has 3 aliphatic heterocycles. The number of fused-ring (bicyclic) bond motifs is 2. The van der Waals surface area contributed by atoms with Crippen molar-refractivity contribution in [3.05, 3.63) is 23.8 Å². The van der Waals surface area contributed by atoms with E-state index in [4.69, 9.17) is 4.74 Å². The Hall–Kier alpha value is -1.11. The van der Waals surface area contributed by atoms with Crippen LogP contribution in [0, 0.1) is 5.92 Å². The first-order valence-corrected chi connectivity index (χ1v) is 9.58. The standard InChI is InChI=1S/C16H22N2O3S/c19-22(20,18-7-1-3-13-10-17-11-15(13)18)14-5-6-16-12(9-14)4-2-8-21-16/h5-6,9,13,15,17H,1-4,7-8,10-11H2/t13-,15+/m0/s1. The molecule has 0 saturated carbocycles. The van der Waals surface area contributed by atoms with E-state index >= 15 is 0 Å². The Kier molecular flexibility index (Phi) is 3.63. The number of aryl methyl sites for hydroxylation is 1. The van der Waals surface area contributed by atoms with Crippen LogP contribution in [0.15, 0.2) is 23.1 Å². The van der Waals surface area contributed by atoms with Gasteiger partial charge in [0.15, 0.2) is 0 Å². The van der Waals surface area contributed by atoms with Gasteiger partial charge in [0.05, 0.1) is 11.5 Å². The minimum Gasteiger partial charge on any atom is -0.493 e. The molecule has 1 aromatic rings. The van der Waals surface area contributed by atoms with E-state index in [1.807, 2.05) is 12.1 Å². The second kappa shape index (κ2) is 5.51. The molecular formula is C16H22N2O3S. The van der Waals surface area contributed by atoms with Crippen molar-refractivity contribution in [2.24, 2.45) is 5.92 Å². The number of hydrogen-bond donors (Lipinski definition) is 1. The SMILES string of the molecule is O=S(=O)(c1ccc2c(c1)CCCO2)N1CCC[C@H]2CNC[C@H]21. The monoisotopic (exact) mass is 322 g/mol. The predicted molar refractivity (Wildman–Crippen MR) is 83.5 cm³/mol. The van der Waals surface area contributed by atoms with E-state index in [0.717, 1.165) is 56.7 Å². The van der Waals surface area contributed by atoms with E-state index in [1.165, 1.54) is 0 Å². The number of hydrogen-bond acceptors (Lipinski definition) is 4. The van der Waals surface area contributed by atoms with Gasteiger partial charge in [0.25, 0.3) is 0 Å². The summed E-state index contributed by atoms with van der Waals surface area (Å²) in [6.07, 6.45) is 3.93. The van der Waals surface area contributed by atoms with Crippen LogP contribution in [0.3, 0.4) is 0 Å². The summed E-state index contributed by atoms with van der Waals surface area (Å²) in [7, 11) is -3.41. The van der Waals surface area contributed by atoms with E-state index in [9.17, 15) is 8.42 Å². The van der Waals surface area contributed by atoms with Crippen molar-refractivity contribution in [2.45, 2.75) is 36.6 Å². The fourth-order valence-corrected chi connectivity index (χ4v) is 5.73. The molecular weight excluding hydrogens is 300 g/mol. The highest BCUT2D eigenvalue weighted by molar-refractivity contribution is 7.89. The molecule has 2 saturated heterocycles. The Balaban J connectivity index is 1.68. The van der Waals surface area contributed by atoms with Gasteiger partial charge in [-0.05, 0) is 61.9 Å². The van der Waals surface area contributed by atoms with Gasteiger partial charge in [0.1, 0.15) is 5.75 Å². The molecule has 22 heavy (non-hydrogen) atoms. The Morgan fingerprint density at radius 1 is 1.23 bits per heavy atom. The third kappa shape index (κ3) is 2.33. The normalized spacial score (nSPS) is 28.7. The number of benzene rings is 1. The Morgan fingerprint density at radius 2 is 2.14 bits per heavy atom. The van der Waals surface area contributed by atoms with Gasteiger partial charge in [0, 0.05) is 19.1 Å². The first-order valence-electron chi connectivity index (χ1n) is 8.14. The molecule has 1 aromatic carbocycles. The first-order chi connectivity index (χ1) is 10.7. The molecule has 120 valence electrons. The number of nitrogens with zero attached hydrogens (tertiary/aromatic N) is 1. The fraction of sp³-hybridized carbons (Fsp3) is 0.625. The molecule has 3 heterocycles. The van der Waals surface area contributed by atoms with Crippen LogP contribution in [0.2, 0.25) is 0 Å². The lowest BCUT2D eigenvalue weighted by molar-refractivity contribution is 0.217. The lowest BCUT2D eigenvalue weighted by Crippen LogP contribution is -2.48. The van der Waals surface area contributed by atoms with Crippen molar-refractivity contribution >= 4 is 10.0 Å². The minimum absolute atomic E-state index is 0.117. The van der Waals surface area contributed by atoms with Gasteiger partial charge in [-0.15, -0.1) is 0 Å². The van der Waals surface area contributed by atoms with Gasteiger partial charge in [-0.2, -0.15) is 4.31 Å². The maximum Gasteiger partial charge on any atom is 0.243 e. The molecule has 3 aliphatic rings. The van der Waals surface area contributed by atoms with Gasteiger partial charge in [-0.25, -0.2) is 8.42 Å². The second-order valence-electron chi connectivity index (χ2n) is 6.47. The summed E-state index contributed by atoms with van der Waals surface area (Å²) in [5.74, 6) is 1.30. The molecule has 5 nitrogen and oxygen atoms in total. The molecule has 0 amide bonds. The van der Waals surface area contributed by atoms with Crippen molar-refractivity contribution < 1.29 is 13.2 Å². The molecule has 4 rings (SSSR count). The molecule has 2 fully saturated rings. The van der Waals surface area contributed by atoms with Crippen molar-refractivity contribution in [3.63, 3.8) is 0 Å². The highest BCUT2D eigenvalue weighted by Crippen LogP contribution is 2.33. The predicted octanol–water partition coefficient (Wildman–Crippen LogP) is 1.38. The van der Waals surface area contributed by atoms with Gasteiger partial charge in [0.2, 0.25) is 10.0 Å². The van der Waals surface area contributed by atoms with E-state index in [1.54, 1.807) is 10.4 Å². The quantitative estimate of drug-likeness (QED) is 0.894. The van der Waals surface area contributed by atoms with Crippen LogP contribution in [0.5, 0.6) is 5.75 Å². The summed E-state index contributed by atoms with van der Waals surface area (Å²) in [6, 6.07) is 5.45. The van der Waals surface area contributed by atoms with E-state index < -0.39 is 10.0 Å². The lowest BCUT2D eigenvalue weighted by Gasteiger charge is -2.36. The summed E-state index contributed by atoms with van der Waals surface area (Å²) in [4.78, 5) is 0.421. The topological polar surface area (TPSA) is 58.6 Å². The largest absolute Gasteiger partial charge is 0.493 e. The van der Waals surface area contributed by atoms with Crippen molar-refractivity contribution in [1.29, 1.82) is 0 Å². The van der Waals surface area contributed by atoms with Crippen LogP contribution >= 0.6 is 0 Å². The molecule has 0 spiro atoms. The van der Waals surface area contributed by atoms with Crippen LogP contribution in [-0.2, 0) is 16.4 Å². The molecule has 0 radical (unpaired) electrons. The first kappa shape index (κ1) is 14.5. The number of rotatable bonds is 2. The van der Waals surface area contributed by atoms with Crippen LogP contribution in [-0.4, -0.2) is 45.0 Å². The summed E-state index contributed by atoms with van der Waals surface area (Å²) in [6.45, 7) is 3.08. The third-order valence-corrected chi connectivity index (χ3v) is 7.03. The summed E-state index contributed by atoms with van der Waals surface area (Å²) >= 11 is 0. The Morgan fingerprint density at radius 3 is 3.05 bits per heavy atom. The van der Waals surface area contributed by atoms with Crippen molar-refractivity contribution in [1.82, 2.24) is 9.62 Å². The lowest BCUT2D eigenvalue weighted by atomic mass is 9.94. The fourth-order valence-electron chi connectivity index (χ4n) is 3.96. The van der Waals surface area contributed by atoms with Crippen LogP contribution in [0.4, 0.5) is 0 Å². The molecule has 0 aliphatic carbocycles. The molecule has 0 bridgehead atoms. The molecule has 0 aromatic heterocycles. The van der Waals surface area contributed by atoms with Crippen LogP contribution in [0.25, 0.3) is 0 Å². The number of piperidine rings is 1. The van der Waals surface area contributed by atoms with E-state index in [0.29, 0.717) is 17.4 Å². The van der Waals surface area contributed by atoms with E-state index in [2.05, 4.69) is 5.32 Å². The van der Waals surface area contributed by atoms with Crippen LogP contribution in [0.1, 0.15) is 24.8 Å². The van der Waals surface area contributed by atoms with E-state index in [-0.39, 0.29) is 6.04 Å². The number of nitrogens with one attached hydrogen (secondary N) is 1. The van der Waals surface area contributed by atoms with Gasteiger partial charge in [-0.3, -0.25) is 0 Å². The highest BCUT2D eigenvalue weighted by Gasteiger charge is 2.41. The van der Waals surface area contributed by atoms with Gasteiger partial charge in [-0.1, -0.05) is 0 Å². The summed E-state index contributed by atoms with van der Waals surface area (Å²) in [5, 5.41) is 3.34. The van der Waals surface area contributed by atoms with Gasteiger partial charge >= 0.3 is 0 Å². The maximum atomic E-state index is 13.1. The van der Waals surface area contributed by atoms with Gasteiger partial charge < -0.3 is 10.1 Å². The molecule has 0 unspecified atom stereocenters. The zero-order valence-electron chi connectivity index (χ0n) is 12.6. The average molecular weight is 322 g/mol. The smallest absolute Gasteiger partial charge is 0.243 e. The second-order valence-corrected chi connectivity index (χ2v) is 8.36. The zero-order chi connectivity index (χ0) is 15.2.